The van der Waals surface area contributed by atoms with Crippen LogP contribution in [0.15, 0.2) is 29.2 Å². The maximum absolute atomic E-state index is 12.5. The van der Waals surface area contributed by atoms with E-state index in [4.69, 9.17) is 10.5 Å². The Bertz CT molecular complexity index is 857. The SMILES string of the molecule is CC(C)[C@@H](OC(=O)[C@H](C)NS(=O)(=O)c1ccc(C(C)(C)C)cc1)C(=O)NC(N)=O. The topological polar surface area (TPSA) is 145 Å². The van der Waals surface area contributed by atoms with E-state index in [1.165, 1.54) is 19.1 Å². The zero-order valence-electron chi connectivity index (χ0n) is 17.5. The maximum Gasteiger partial charge on any atom is 0.324 e. The van der Waals surface area contributed by atoms with Gasteiger partial charge in [0, 0.05) is 0 Å². The Morgan fingerprint density at radius 2 is 1.55 bits per heavy atom. The number of carbonyl (C=O) groups is 3. The van der Waals surface area contributed by atoms with Crippen molar-refractivity contribution in [1.29, 1.82) is 0 Å². The summed E-state index contributed by atoms with van der Waals surface area (Å²) in [7, 11) is -3.99. The highest BCUT2D eigenvalue weighted by Crippen LogP contribution is 2.23. The number of benzene rings is 1. The third-order valence-corrected chi connectivity index (χ3v) is 5.63. The predicted octanol–water partition coefficient (Wildman–Crippen LogP) is 1.41. The lowest BCUT2D eigenvalue weighted by atomic mass is 9.87. The first-order valence-corrected chi connectivity index (χ1v) is 10.6. The summed E-state index contributed by atoms with van der Waals surface area (Å²) in [6.45, 7) is 10.5. The van der Waals surface area contributed by atoms with Crippen LogP contribution in [0.3, 0.4) is 0 Å². The molecule has 3 amide bonds. The third-order valence-electron chi connectivity index (χ3n) is 4.07. The molecule has 2 atom stereocenters. The van der Waals surface area contributed by atoms with Crippen LogP contribution in [0.1, 0.15) is 47.1 Å². The summed E-state index contributed by atoms with van der Waals surface area (Å²) in [6.07, 6.45) is -1.30. The molecule has 0 saturated heterocycles. The van der Waals surface area contributed by atoms with E-state index < -0.39 is 46.0 Å². The lowest BCUT2D eigenvalue weighted by Gasteiger charge is -2.22. The number of rotatable bonds is 7. The van der Waals surface area contributed by atoms with Crippen molar-refractivity contribution in [3.8, 4) is 0 Å². The van der Waals surface area contributed by atoms with Gasteiger partial charge in [0.15, 0.2) is 6.10 Å². The van der Waals surface area contributed by atoms with Crippen LogP contribution in [0, 0.1) is 5.92 Å². The van der Waals surface area contributed by atoms with E-state index >= 15 is 0 Å². The minimum atomic E-state index is -3.99. The largest absolute Gasteiger partial charge is 0.451 e. The number of nitrogens with two attached hydrogens (primary N) is 1. The zero-order chi connectivity index (χ0) is 22.6. The first-order valence-electron chi connectivity index (χ1n) is 9.09. The monoisotopic (exact) mass is 427 g/mol. The minimum Gasteiger partial charge on any atom is -0.451 e. The van der Waals surface area contributed by atoms with Gasteiger partial charge in [0.25, 0.3) is 5.91 Å². The normalized spacial score (nSPS) is 14.2. The average Bonchev–Trinajstić information content (AvgIpc) is 2.57. The van der Waals surface area contributed by atoms with Crippen molar-refractivity contribution < 1.29 is 27.5 Å². The maximum atomic E-state index is 12.5. The molecule has 0 radical (unpaired) electrons. The summed E-state index contributed by atoms with van der Waals surface area (Å²) in [6, 6.07) is 3.99. The van der Waals surface area contributed by atoms with Crippen LogP contribution < -0.4 is 15.8 Å². The first-order chi connectivity index (χ1) is 13.1. The summed E-state index contributed by atoms with van der Waals surface area (Å²) < 4.78 is 32.4. The van der Waals surface area contributed by atoms with Gasteiger partial charge in [0.05, 0.1) is 4.90 Å². The highest BCUT2D eigenvalue weighted by Gasteiger charge is 2.31. The van der Waals surface area contributed by atoms with Gasteiger partial charge in [0.2, 0.25) is 10.0 Å². The Kier molecular flexibility index (Phi) is 7.93. The number of urea groups is 1. The number of imide groups is 1. The minimum absolute atomic E-state index is 0.00275. The second kappa shape index (κ2) is 9.36. The van der Waals surface area contributed by atoms with Crippen LogP contribution in [0.4, 0.5) is 4.79 Å². The number of nitrogens with one attached hydrogen (secondary N) is 2. The van der Waals surface area contributed by atoms with Gasteiger partial charge in [-0.15, -0.1) is 0 Å². The number of ether oxygens (including phenoxy) is 1. The number of hydrogen-bond donors (Lipinski definition) is 3. The van der Waals surface area contributed by atoms with Crippen molar-refractivity contribution in [3.05, 3.63) is 29.8 Å². The summed E-state index contributed by atoms with van der Waals surface area (Å²) in [5.41, 5.74) is 5.73. The van der Waals surface area contributed by atoms with E-state index in [1.807, 2.05) is 26.1 Å². The number of carbonyl (C=O) groups excluding carboxylic acids is 3. The van der Waals surface area contributed by atoms with E-state index in [2.05, 4.69) is 4.72 Å². The van der Waals surface area contributed by atoms with Gasteiger partial charge in [-0.25, -0.2) is 13.2 Å². The lowest BCUT2D eigenvalue weighted by Crippen LogP contribution is -2.48. The quantitative estimate of drug-likeness (QED) is 0.561. The van der Waals surface area contributed by atoms with Gasteiger partial charge < -0.3 is 10.5 Å². The number of amides is 3. The number of esters is 1. The summed E-state index contributed by atoms with van der Waals surface area (Å²) in [5, 5.41) is 1.84. The molecule has 0 heterocycles. The number of hydrogen-bond acceptors (Lipinski definition) is 6. The van der Waals surface area contributed by atoms with Crippen LogP contribution in [0.2, 0.25) is 0 Å². The zero-order valence-corrected chi connectivity index (χ0v) is 18.3. The fraction of sp³-hybridized carbons (Fsp3) is 0.526. The molecule has 29 heavy (non-hydrogen) atoms. The van der Waals surface area contributed by atoms with Crippen molar-refractivity contribution in [2.75, 3.05) is 0 Å². The Morgan fingerprint density at radius 1 is 1.03 bits per heavy atom. The van der Waals surface area contributed by atoms with Gasteiger partial charge in [-0.3, -0.25) is 14.9 Å². The van der Waals surface area contributed by atoms with Crippen molar-refractivity contribution in [2.45, 2.75) is 64.0 Å². The van der Waals surface area contributed by atoms with E-state index in [0.717, 1.165) is 5.56 Å². The van der Waals surface area contributed by atoms with E-state index in [0.29, 0.717) is 0 Å². The molecule has 0 aliphatic carbocycles. The van der Waals surface area contributed by atoms with E-state index in [9.17, 15) is 22.8 Å². The first kappa shape index (κ1) is 24.6. The van der Waals surface area contributed by atoms with Crippen LogP contribution in [-0.2, 0) is 29.8 Å². The highest BCUT2D eigenvalue weighted by molar-refractivity contribution is 7.89. The Labute approximate surface area is 171 Å². The fourth-order valence-electron chi connectivity index (χ4n) is 2.40. The Hall–Kier alpha value is -2.46. The molecule has 1 rings (SSSR count). The number of sulfonamides is 1. The molecule has 9 nitrogen and oxygen atoms in total. The molecule has 162 valence electrons. The molecular formula is C19H29N3O6S. The second-order valence-electron chi connectivity index (χ2n) is 8.07. The molecule has 0 aromatic heterocycles. The fourth-order valence-corrected chi connectivity index (χ4v) is 3.59. The van der Waals surface area contributed by atoms with Crippen LogP contribution in [0.25, 0.3) is 0 Å². The lowest BCUT2D eigenvalue weighted by molar-refractivity contribution is -0.159. The smallest absolute Gasteiger partial charge is 0.324 e. The van der Waals surface area contributed by atoms with Crippen molar-refractivity contribution in [3.63, 3.8) is 0 Å². The van der Waals surface area contributed by atoms with Crippen molar-refractivity contribution in [2.24, 2.45) is 11.7 Å². The van der Waals surface area contributed by atoms with E-state index in [-0.39, 0.29) is 10.3 Å². The summed E-state index contributed by atoms with van der Waals surface area (Å²) >= 11 is 0. The predicted molar refractivity (Wildman–Crippen MR) is 107 cm³/mol. The van der Waals surface area contributed by atoms with Gasteiger partial charge >= 0.3 is 12.0 Å². The average molecular weight is 428 g/mol. The summed E-state index contributed by atoms with van der Waals surface area (Å²) in [5.74, 6) is -2.31. The van der Waals surface area contributed by atoms with Crippen molar-refractivity contribution >= 4 is 27.9 Å². The Balaban J connectivity index is 2.89. The molecule has 1 aromatic carbocycles. The molecule has 1 aromatic rings. The number of primary amides is 1. The van der Waals surface area contributed by atoms with Gasteiger partial charge in [0.1, 0.15) is 6.04 Å². The molecule has 0 fully saturated rings. The molecule has 0 bridgehead atoms. The molecule has 0 unspecified atom stereocenters. The van der Waals surface area contributed by atoms with Crippen LogP contribution >= 0.6 is 0 Å². The van der Waals surface area contributed by atoms with Gasteiger partial charge in [-0.2, -0.15) is 4.72 Å². The second-order valence-corrected chi connectivity index (χ2v) is 9.79. The van der Waals surface area contributed by atoms with Gasteiger partial charge in [-0.05, 0) is 36.0 Å². The van der Waals surface area contributed by atoms with E-state index in [1.54, 1.807) is 26.0 Å². The van der Waals surface area contributed by atoms with Crippen LogP contribution in [0.5, 0.6) is 0 Å². The summed E-state index contributed by atoms with van der Waals surface area (Å²) in [4.78, 5) is 35.1. The molecule has 0 aliphatic heterocycles. The molecule has 10 heteroatoms. The molecule has 4 N–H and O–H groups in total. The standard InChI is InChI=1S/C19H29N3O6S/c1-11(2)15(16(23)21-18(20)25)28-17(24)12(3)22-29(26,27)14-9-7-13(8-10-14)19(4,5)6/h7-12,15,22H,1-6H3,(H3,20,21,23,25)/t12-,15+/m0/s1. The van der Waals surface area contributed by atoms with Crippen molar-refractivity contribution in [1.82, 2.24) is 10.0 Å². The molecular weight excluding hydrogens is 398 g/mol. The van der Waals surface area contributed by atoms with Gasteiger partial charge in [-0.1, -0.05) is 46.8 Å². The molecule has 0 saturated carbocycles. The Morgan fingerprint density at radius 3 is 1.97 bits per heavy atom. The molecule has 0 aliphatic rings. The third kappa shape index (κ3) is 7.13. The highest BCUT2D eigenvalue weighted by atomic mass is 32.2. The van der Waals surface area contributed by atoms with Crippen LogP contribution in [-0.4, -0.2) is 38.5 Å². The molecule has 0 spiro atoms.